The molecule has 1 aromatic heterocycles. The lowest BCUT2D eigenvalue weighted by molar-refractivity contribution is 0.524. The van der Waals surface area contributed by atoms with Gasteiger partial charge in [-0.05, 0) is 50.3 Å². The van der Waals surface area contributed by atoms with E-state index in [1.165, 1.54) is 11.1 Å². The molecule has 0 fully saturated rings. The topological polar surface area (TPSA) is 90.9 Å². The molecule has 0 saturated heterocycles. The number of nitrogens with zero attached hydrogens (tertiary/aromatic N) is 3. The summed E-state index contributed by atoms with van der Waals surface area (Å²) in [6, 6.07) is 6.04. The van der Waals surface area contributed by atoms with Gasteiger partial charge in [0.05, 0.1) is 0 Å². The van der Waals surface area contributed by atoms with E-state index in [1.807, 2.05) is 19.9 Å². The predicted octanol–water partition coefficient (Wildman–Crippen LogP) is 1.66. The predicted molar refractivity (Wildman–Crippen MR) is 79.2 cm³/mol. The Labute approximate surface area is 124 Å². The lowest BCUT2D eigenvalue weighted by atomic mass is 10.1. The zero-order valence-electron chi connectivity index (χ0n) is 12.1. The van der Waals surface area contributed by atoms with Gasteiger partial charge in [-0.2, -0.15) is 0 Å². The first-order valence-corrected chi connectivity index (χ1v) is 8.52. The normalized spacial score (nSPS) is 14.7. The van der Waals surface area contributed by atoms with E-state index in [2.05, 4.69) is 22.3 Å². The van der Waals surface area contributed by atoms with E-state index in [9.17, 15) is 8.42 Å². The standard InChI is InChI=1S/C14H18N4O2S/c1-9(2)18-13(16-17-14(18)21(15,19)20)12-7-6-10-4-3-5-11(10)8-12/h6-9H,3-5H2,1-2H3,(H2,15,19,20). The number of nitrogens with two attached hydrogens (primary N) is 1. The first-order chi connectivity index (χ1) is 9.88. The van der Waals surface area contributed by atoms with Gasteiger partial charge >= 0.3 is 0 Å². The number of hydrogen-bond acceptors (Lipinski definition) is 4. The van der Waals surface area contributed by atoms with Gasteiger partial charge < -0.3 is 0 Å². The van der Waals surface area contributed by atoms with Crippen LogP contribution in [0.2, 0.25) is 0 Å². The molecule has 21 heavy (non-hydrogen) atoms. The fraction of sp³-hybridized carbons (Fsp3) is 0.429. The van der Waals surface area contributed by atoms with Crippen molar-refractivity contribution in [2.75, 3.05) is 0 Å². The number of sulfonamides is 1. The van der Waals surface area contributed by atoms with Gasteiger partial charge in [0.15, 0.2) is 5.82 Å². The second kappa shape index (κ2) is 4.92. The van der Waals surface area contributed by atoms with Crippen molar-refractivity contribution < 1.29 is 8.42 Å². The number of aryl methyl sites for hydroxylation is 2. The molecule has 112 valence electrons. The van der Waals surface area contributed by atoms with E-state index < -0.39 is 10.0 Å². The molecule has 2 N–H and O–H groups in total. The molecule has 0 aliphatic heterocycles. The van der Waals surface area contributed by atoms with E-state index in [4.69, 9.17) is 5.14 Å². The maximum Gasteiger partial charge on any atom is 0.273 e. The van der Waals surface area contributed by atoms with Gasteiger partial charge in [-0.15, -0.1) is 10.2 Å². The first-order valence-electron chi connectivity index (χ1n) is 6.98. The summed E-state index contributed by atoms with van der Waals surface area (Å²) >= 11 is 0. The van der Waals surface area contributed by atoms with Crippen molar-refractivity contribution in [2.45, 2.75) is 44.3 Å². The average Bonchev–Trinajstić information content (AvgIpc) is 3.03. The molecule has 0 amide bonds. The third-order valence-corrected chi connectivity index (χ3v) is 4.58. The SMILES string of the molecule is CC(C)n1c(-c2ccc3c(c2)CCC3)nnc1S(N)(=O)=O. The van der Waals surface area contributed by atoms with Crippen molar-refractivity contribution in [3.63, 3.8) is 0 Å². The van der Waals surface area contributed by atoms with Crippen LogP contribution in [0, 0.1) is 0 Å². The highest BCUT2D eigenvalue weighted by Crippen LogP contribution is 2.29. The Kier molecular flexibility index (Phi) is 3.33. The zero-order chi connectivity index (χ0) is 15.2. The van der Waals surface area contributed by atoms with E-state index in [1.54, 1.807) is 4.57 Å². The van der Waals surface area contributed by atoms with E-state index in [0.29, 0.717) is 5.82 Å². The van der Waals surface area contributed by atoms with E-state index in [0.717, 1.165) is 24.8 Å². The van der Waals surface area contributed by atoms with Crippen LogP contribution in [0.25, 0.3) is 11.4 Å². The second-order valence-corrected chi connectivity index (χ2v) is 7.11. The largest absolute Gasteiger partial charge is 0.294 e. The van der Waals surface area contributed by atoms with Crippen LogP contribution in [0.3, 0.4) is 0 Å². The molecule has 3 rings (SSSR count). The second-order valence-electron chi connectivity index (χ2n) is 5.65. The fourth-order valence-corrected chi connectivity index (χ4v) is 3.57. The highest BCUT2D eigenvalue weighted by molar-refractivity contribution is 7.89. The Balaban J connectivity index is 2.17. The van der Waals surface area contributed by atoms with Gasteiger partial charge in [0.1, 0.15) is 0 Å². The Hall–Kier alpha value is -1.73. The summed E-state index contributed by atoms with van der Waals surface area (Å²) in [5.74, 6) is 0.545. The third kappa shape index (κ3) is 2.47. The van der Waals surface area contributed by atoms with Crippen molar-refractivity contribution in [2.24, 2.45) is 5.14 Å². The average molecular weight is 306 g/mol. The van der Waals surface area contributed by atoms with Gasteiger partial charge in [-0.3, -0.25) is 4.57 Å². The minimum Gasteiger partial charge on any atom is -0.294 e. The van der Waals surface area contributed by atoms with Crippen LogP contribution >= 0.6 is 0 Å². The molecule has 0 radical (unpaired) electrons. The Bertz CT molecular complexity index is 793. The molecule has 0 atom stereocenters. The number of rotatable bonds is 3. The molecule has 1 aliphatic rings. The third-order valence-electron chi connectivity index (χ3n) is 3.79. The highest BCUT2D eigenvalue weighted by atomic mass is 32.2. The van der Waals surface area contributed by atoms with Crippen molar-refractivity contribution in [1.29, 1.82) is 0 Å². The number of hydrogen-bond donors (Lipinski definition) is 1. The minimum atomic E-state index is -3.89. The monoisotopic (exact) mass is 306 g/mol. The Morgan fingerprint density at radius 2 is 1.90 bits per heavy atom. The number of aromatic nitrogens is 3. The zero-order valence-corrected chi connectivity index (χ0v) is 12.9. The molecule has 0 spiro atoms. The molecule has 0 saturated carbocycles. The van der Waals surface area contributed by atoms with Crippen molar-refractivity contribution in [3.8, 4) is 11.4 Å². The summed E-state index contributed by atoms with van der Waals surface area (Å²) in [4.78, 5) is 0. The molecule has 2 aromatic rings. The Morgan fingerprint density at radius 3 is 2.57 bits per heavy atom. The first kappa shape index (κ1) is 14.2. The van der Waals surface area contributed by atoms with Crippen LogP contribution in [0.4, 0.5) is 0 Å². The number of benzene rings is 1. The van der Waals surface area contributed by atoms with Gasteiger partial charge in [0.25, 0.3) is 15.2 Å². The van der Waals surface area contributed by atoms with Crippen molar-refractivity contribution in [3.05, 3.63) is 29.3 Å². The fourth-order valence-electron chi connectivity index (χ4n) is 2.84. The van der Waals surface area contributed by atoms with Gasteiger partial charge in [-0.25, -0.2) is 13.6 Å². The number of fused-ring (bicyclic) bond motifs is 1. The summed E-state index contributed by atoms with van der Waals surface area (Å²) < 4.78 is 24.9. The van der Waals surface area contributed by atoms with Crippen molar-refractivity contribution >= 4 is 10.0 Å². The molecular weight excluding hydrogens is 288 g/mol. The van der Waals surface area contributed by atoms with Crippen LogP contribution in [0.5, 0.6) is 0 Å². The summed E-state index contributed by atoms with van der Waals surface area (Å²) in [6.45, 7) is 3.77. The summed E-state index contributed by atoms with van der Waals surface area (Å²) in [5, 5.41) is 12.9. The maximum atomic E-state index is 11.6. The van der Waals surface area contributed by atoms with Crippen LogP contribution in [-0.2, 0) is 22.9 Å². The van der Waals surface area contributed by atoms with Gasteiger partial charge in [0.2, 0.25) is 0 Å². The summed E-state index contributed by atoms with van der Waals surface area (Å²) in [6.07, 6.45) is 3.33. The number of primary sulfonamides is 1. The Morgan fingerprint density at radius 1 is 1.19 bits per heavy atom. The van der Waals surface area contributed by atoms with E-state index >= 15 is 0 Å². The molecule has 7 heteroatoms. The molecule has 1 aliphatic carbocycles. The van der Waals surface area contributed by atoms with Crippen molar-refractivity contribution in [1.82, 2.24) is 14.8 Å². The molecule has 1 aromatic carbocycles. The quantitative estimate of drug-likeness (QED) is 0.933. The molecule has 0 bridgehead atoms. The lowest BCUT2D eigenvalue weighted by Gasteiger charge is -2.13. The van der Waals surface area contributed by atoms with Gasteiger partial charge in [-0.1, -0.05) is 12.1 Å². The smallest absolute Gasteiger partial charge is 0.273 e. The van der Waals surface area contributed by atoms with Crippen LogP contribution in [-0.4, -0.2) is 23.2 Å². The maximum absolute atomic E-state index is 11.6. The highest BCUT2D eigenvalue weighted by Gasteiger charge is 2.24. The molecule has 6 nitrogen and oxygen atoms in total. The van der Waals surface area contributed by atoms with Crippen LogP contribution in [0.1, 0.15) is 37.4 Å². The minimum absolute atomic E-state index is 0.100. The van der Waals surface area contributed by atoms with Crippen LogP contribution < -0.4 is 5.14 Å². The molecular formula is C14H18N4O2S. The van der Waals surface area contributed by atoms with E-state index in [-0.39, 0.29) is 11.2 Å². The van der Waals surface area contributed by atoms with Gasteiger partial charge in [0, 0.05) is 11.6 Å². The summed E-state index contributed by atoms with van der Waals surface area (Å²) in [5.41, 5.74) is 3.55. The molecule has 1 heterocycles. The summed E-state index contributed by atoms with van der Waals surface area (Å²) in [7, 11) is -3.89. The lowest BCUT2D eigenvalue weighted by Crippen LogP contribution is -2.20. The molecule has 0 unspecified atom stereocenters. The van der Waals surface area contributed by atoms with Crippen LogP contribution in [0.15, 0.2) is 23.4 Å².